The van der Waals surface area contributed by atoms with E-state index in [1.165, 1.54) is 18.2 Å². The number of hydrogen-bond acceptors (Lipinski definition) is 6. The van der Waals surface area contributed by atoms with E-state index in [1.807, 2.05) is 11.8 Å². The van der Waals surface area contributed by atoms with E-state index in [2.05, 4.69) is 15.3 Å². The summed E-state index contributed by atoms with van der Waals surface area (Å²) < 4.78 is 37.2. The maximum absolute atomic E-state index is 13.4. The van der Waals surface area contributed by atoms with Crippen LogP contribution in [0.25, 0.3) is 10.9 Å². The van der Waals surface area contributed by atoms with E-state index in [-0.39, 0.29) is 23.2 Å². The number of halogens is 1. The first-order valence-corrected chi connectivity index (χ1v) is 11.9. The Balaban J connectivity index is 1.59. The van der Waals surface area contributed by atoms with Crippen molar-refractivity contribution >= 4 is 32.6 Å². The van der Waals surface area contributed by atoms with Crippen LogP contribution in [-0.4, -0.2) is 43.1 Å². The van der Waals surface area contributed by atoms with Crippen LogP contribution < -0.4 is 10.2 Å². The zero-order valence-corrected chi connectivity index (χ0v) is 18.1. The third kappa shape index (κ3) is 4.51. The van der Waals surface area contributed by atoms with Gasteiger partial charge in [-0.3, -0.25) is 4.79 Å². The number of fused-ring (bicyclic) bond motifs is 1. The van der Waals surface area contributed by atoms with Gasteiger partial charge in [0.25, 0.3) is 0 Å². The highest BCUT2D eigenvalue weighted by molar-refractivity contribution is 7.90. The fourth-order valence-electron chi connectivity index (χ4n) is 3.84. The van der Waals surface area contributed by atoms with Crippen LogP contribution in [0.15, 0.2) is 47.4 Å². The van der Waals surface area contributed by atoms with Crippen molar-refractivity contribution in [2.24, 2.45) is 0 Å². The fraction of sp³-hybridized carbons (Fsp3) is 0.318. The van der Waals surface area contributed by atoms with E-state index in [1.54, 1.807) is 24.3 Å². The predicted molar refractivity (Wildman–Crippen MR) is 116 cm³/mol. The summed E-state index contributed by atoms with van der Waals surface area (Å²) in [6.07, 6.45) is 2.61. The molecule has 2 aromatic carbocycles. The maximum atomic E-state index is 13.4. The van der Waals surface area contributed by atoms with Gasteiger partial charge in [0.15, 0.2) is 9.84 Å². The van der Waals surface area contributed by atoms with Crippen molar-refractivity contribution in [3.05, 3.63) is 59.5 Å². The van der Waals surface area contributed by atoms with Gasteiger partial charge in [-0.2, -0.15) is 0 Å². The Bertz CT molecular complexity index is 1260. The van der Waals surface area contributed by atoms with E-state index in [4.69, 9.17) is 0 Å². The van der Waals surface area contributed by atoms with E-state index < -0.39 is 15.9 Å². The number of aromatic nitrogens is 2. The standard InChI is InChI=1S/C22H23FN4O3S/c1-14-18-9-8-17(31(2,29)30)12-19(18)26-22(25-14)27-10-4-7-20(27)21(28)24-13-15-5-3-6-16(23)11-15/h3,5-6,8-9,11-12,20H,4,7,10,13H2,1-2H3,(H,24,28). The van der Waals surface area contributed by atoms with Crippen molar-refractivity contribution in [3.8, 4) is 0 Å². The molecule has 1 aromatic heterocycles. The maximum Gasteiger partial charge on any atom is 0.243 e. The van der Waals surface area contributed by atoms with Crippen molar-refractivity contribution < 1.29 is 17.6 Å². The summed E-state index contributed by atoms with van der Waals surface area (Å²) >= 11 is 0. The molecule has 1 N–H and O–H groups in total. The van der Waals surface area contributed by atoms with E-state index in [0.29, 0.717) is 35.7 Å². The molecule has 1 aliphatic rings. The molecule has 0 saturated carbocycles. The van der Waals surface area contributed by atoms with E-state index in [0.717, 1.165) is 18.1 Å². The number of nitrogens with zero attached hydrogens (tertiary/aromatic N) is 3. The summed E-state index contributed by atoms with van der Waals surface area (Å²) in [6.45, 7) is 2.69. The third-order valence-corrected chi connectivity index (χ3v) is 6.55. The molecule has 31 heavy (non-hydrogen) atoms. The summed E-state index contributed by atoms with van der Waals surface area (Å²) in [6, 6.07) is 10.5. The molecule has 3 aromatic rings. The average molecular weight is 443 g/mol. The van der Waals surface area contributed by atoms with Crippen LogP contribution >= 0.6 is 0 Å². The lowest BCUT2D eigenvalue weighted by atomic mass is 10.2. The molecule has 1 aliphatic heterocycles. The number of nitrogens with one attached hydrogen (secondary N) is 1. The monoisotopic (exact) mass is 442 g/mol. The van der Waals surface area contributed by atoms with Crippen molar-refractivity contribution in [1.82, 2.24) is 15.3 Å². The highest BCUT2D eigenvalue weighted by atomic mass is 32.2. The zero-order chi connectivity index (χ0) is 22.2. The summed E-state index contributed by atoms with van der Waals surface area (Å²) in [7, 11) is -3.36. The van der Waals surface area contributed by atoms with Crippen molar-refractivity contribution in [2.75, 3.05) is 17.7 Å². The van der Waals surface area contributed by atoms with Crippen LogP contribution in [0.2, 0.25) is 0 Å². The van der Waals surface area contributed by atoms with E-state index in [9.17, 15) is 17.6 Å². The Labute approximate surface area is 180 Å². The van der Waals surface area contributed by atoms with Gasteiger partial charge in [0.1, 0.15) is 11.9 Å². The Morgan fingerprint density at radius 2 is 2.03 bits per heavy atom. The number of anilines is 1. The molecule has 2 heterocycles. The largest absolute Gasteiger partial charge is 0.350 e. The lowest BCUT2D eigenvalue weighted by Crippen LogP contribution is -2.43. The molecule has 0 radical (unpaired) electrons. The SMILES string of the molecule is Cc1nc(N2CCCC2C(=O)NCc2cccc(F)c2)nc2cc(S(C)(=O)=O)ccc12. The van der Waals surface area contributed by atoms with Crippen molar-refractivity contribution in [1.29, 1.82) is 0 Å². The third-order valence-electron chi connectivity index (χ3n) is 5.44. The lowest BCUT2D eigenvalue weighted by Gasteiger charge is -2.24. The lowest BCUT2D eigenvalue weighted by molar-refractivity contribution is -0.122. The van der Waals surface area contributed by atoms with Crippen LogP contribution in [0.5, 0.6) is 0 Å². The summed E-state index contributed by atoms with van der Waals surface area (Å²) in [5.74, 6) is -0.116. The van der Waals surface area contributed by atoms with Crippen LogP contribution in [-0.2, 0) is 21.2 Å². The molecule has 4 rings (SSSR count). The molecule has 7 nitrogen and oxygen atoms in total. The molecule has 0 bridgehead atoms. The van der Waals surface area contributed by atoms with Gasteiger partial charge in [-0.1, -0.05) is 12.1 Å². The van der Waals surface area contributed by atoms with Gasteiger partial charge in [0, 0.05) is 24.7 Å². The number of amides is 1. The predicted octanol–water partition coefficient (Wildman–Crippen LogP) is 2.77. The summed E-state index contributed by atoms with van der Waals surface area (Å²) in [5.41, 5.74) is 1.92. The topological polar surface area (TPSA) is 92.3 Å². The van der Waals surface area contributed by atoms with Crippen molar-refractivity contribution in [3.63, 3.8) is 0 Å². The zero-order valence-electron chi connectivity index (χ0n) is 17.3. The first-order chi connectivity index (χ1) is 14.7. The minimum atomic E-state index is -3.36. The molecule has 1 saturated heterocycles. The average Bonchev–Trinajstić information content (AvgIpc) is 3.21. The van der Waals surface area contributed by atoms with Crippen LogP contribution in [0.4, 0.5) is 10.3 Å². The number of aryl methyl sites for hydroxylation is 1. The number of carbonyl (C=O) groups excluding carboxylic acids is 1. The highest BCUT2D eigenvalue weighted by Gasteiger charge is 2.32. The Hall–Kier alpha value is -3.07. The number of rotatable bonds is 5. The molecule has 162 valence electrons. The van der Waals surface area contributed by atoms with Gasteiger partial charge in [0.05, 0.1) is 16.1 Å². The summed E-state index contributed by atoms with van der Waals surface area (Å²) in [5, 5.41) is 3.63. The number of benzene rings is 2. The minimum absolute atomic E-state index is 0.173. The molecule has 1 atom stereocenters. The first kappa shape index (κ1) is 21.2. The smallest absolute Gasteiger partial charge is 0.243 e. The molecular formula is C22H23FN4O3S. The Kier molecular flexibility index (Phi) is 5.62. The molecule has 1 unspecified atom stereocenters. The molecule has 0 aliphatic carbocycles. The molecule has 9 heteroatoms. The van der Waals surface area contributed by atoms with Gasteiger partial charge in [-0.15, -0.1) is 0 Å². The highest BCUT2D eigenvalue weighted by Crippen LogP contribution is 2.27. The second kappa shape index (κ2) is 8.22. The van der Waals surface area contributed by atoms with Gasteiger partial charge >= 0.3 is 0 Å². The van der Waals surface area contributed by atoms with Gasteiger partial charge in [-0.05, 0) is 55.7 Å². The van der Waals surface area contributed by atoms with Crippen molar-refractivity contribution in [2.45, 2.75) is 37.2 Å². The molecule has 1 amide bonds. The summed E-state index contributed by atoms with van der Waals surface area (Å²) in [4.78, 5) is 24.0. The van der Waals surface area contributed by atoms with Crippen LogP contribution in [0, 0.1) is 12.7 Å². The Morgan fingerprint density at radius 3 is 2.77 bits per heavy atom. The number of sulfone groups is 1. The van der Waals surface area contributed by atoms with Crippen LogP contribution in [0.1, 0.15) is 24.1 Å². The fourth-order valence-corrected chi connectivity index (χ4v) is 4.49. The first-order valence-electron chi connectivity index (χ1n) is 9.99. The molecular weight excluding hydrogens is 419 g/mol. The molecule has 0 spiro atoms. The van der Waals surface area contributed by atoms with Gasteiger partial charge in [-0.25, -0.2) is 22.8 Å². The minimum Gasteiger partial charge on any atom is -0.350 e. The van der Waals surface area contributed by atoms with Gasteiger partial charge in [0.2, 0.25) is 11.9 Å². The Morgan fingerprint density at radius 1 is 1.23 bits per heavy atom. The number of carbonyl (C=O) groups is 1. The second-order valence-corrected chi connectivity index (χ2v) is 9.78. The van der Waals surface area contributed by atoms with E-state index >= 15 is 0 Å². The number of hydrogen-bond donors (Lipinski definition) is 1. The molecule has 1 fully saturated rings. The quantitative estimate of drug-likeness (QED) is 0.653. The van der Waals surface area contributed by atoms with Crippen LogP contribution in [0.3, 0.4) is 0 Å². The second-order valence-electron chi connectivity index (χ2n) is 7.76. The normalized spacial score (nSPS) is 16.6. The van der Waals surface area contributed by atoms with Gasteiger partial charge < -0.3 is 10.2 Å².